The molecule has 94 valence electrons. The second-order valence-corrected chi connectivity index (χ2v) is 5.33. The highest BCUT2D eigenvalue weighted by Gasteiger charge is 2.33. The van der Waals surface area contributed by atoms with Crippen LogP contribution in [-0.4, -0.2) is 38.3 Å². The second kappa shape index (κ2) is 5.48. The van der Waals surface area contributed by atoms with Gasteiger partial charge in [0.1, 0.15) is 10.9 Å². The van der Waals surface area contributed by atoms with E-state index >= 15 is 0 Å². The van der Waals surface area contributed by atoms with Crippen LogP contribution in [0.4, 0.5) is 0 Å². The fourth-order valence-electron chi connectivity index (χ4n) is 1.94. The maximum absolute atomic E-state index is 5.50. The normalized spacial score (nSPS) is 28.1. The van der Waals surface area contributed by atoms with Crippen LogP contribution in [0.5, 0.6) is 0 Å². The first-order valence-electron chi connectivity index (χ1n) is 5.72. The average molecular weight is 282 g/mol. The Labute approximate surface area is 117 Å². The summed E-state index contributed by atoms with van der Waals surface area (Å²) in [5.41, 5.74) is 1.63. The smallest absolute Gasteiger partial charge is 0.404 e. The van der Waals surface area contributed by atoms with Crippen molar-refractivity contribution in [3.8, 4) is 0 Å². The SMILES string of the molecule is SC1COB(c2ccc(B3OCC(S)O3)cc2)O1. The highest BCUT2D eigenvalue weighted by Crippen LogP contribution is 2.12. The van der Waals surface area contributed by atoms with Crippen molar-refractivity contribution >= 4 is 50.4 Å². The standard InChI is InChI=1S/C10H12B2O4S2/c17-9-5-13-11(15-9)7-1-2-8(4-3-7)12-14-6-10(18)16-12/h1-4,9-10,17-18H,5-6H2. The Morgan fingerprint density at radius 2 is 1.22 bits per heavy atom. The second-order valence-electron chi connectivity index (χ2n) is 4.18. The summed E-state index contributed by atoms with van der Waals surface area (Å²) in [5, 5.41) is 0. The molecule has 0 amide bonds. The minimum absolute atomic E-state index is 0.152. The Bertz CT molecular complexity index is 380. The van der Waals surface area contributed by atoms with Crippen molar-refractivity contribution in [1.29, 1.82) is 0 Å². The maximum Gasteiger partial charge on any atom is 0.494 e. The van der Waals surface area contributed by atoms with Crippen molar-refractivity contribution in [2.45, 2.75) is 10.9 Å². The third kappa shape index (κ3) is 2.74. The molecule has 1 aromatic rings. The van der Waals surface area contributed by atoms with E-state index in [0.717, 1.165) is 10.9 Å². The molecule has 0 N–H and O–H groups in total. The van der Waals surface area contributed by atoms with E-state index in [9.17, 15) is 0 Å². The van der Waals surface area contributed by atoms with Crippen molar-refractivity contribution < 1.29 is 18.6 Å². The zero-order chi connectivity index (χ0) is 12.5. The largest absolute Gasteiger partial charge is 0.494 e. The van der Waals surface area contributed by atoms with Crippen LogP contribution in [0.1, 0.15) is 0 Å². The minimum Gasteiger partial charge on any atom is -0.404 e. The lowest BCUT2D eigenvalue weighted by atomic mass is 9.74. The Morgan fingerprint density at radius 1 is 0.833 bits per heavy atom. The molecule has 0 spiro atoms. The first kappa shape index (κ1) is 12.9. The fourth-order valence-corrected chi connectivity index (χ4v) is 2.33. The molecule has 8 heteroatoms. The van der Waals surface area contributed by atoms with Crippen molar-refractivity contribution in [2.75, 3.05) is 13.2 Å². The van der Waals surface area contributed by atoms with Gasteiger partial charge in [0.15, 0.2) is 0 Å². The predicted molar refractivity (Wildman–Crippen MR) is 76.8 cm³/mol. The van der Waals surface area contributed by atoms with E-state index in [0.29, 0.717) is 13.2 Å². The van der Waals surface area contributed by atoms with Crippen LogP contribution in [0.25, 0.3) is 0 Å². The lowest BCUT2D eigenvalue weighted by Gasteiger charge is -2.08. The van der Waals surface area contributed by atoms with Gasteiger partial charge in [-0.3, -0.25) is 0 Å². The Balaban J connectivity index is 1.69. The third-order valence-electron chi connectivity index (χ3n) is 2.82. The molecule has 2 heterocycles. The highest BCUT2D eigenvalue weighted by molar-refractivity contribution is 7.81. The summed E-state index contributed by atoms with van der Waals surface area (Å²) in [6.45, 7) is 1.01. The lowest BCUT2D eigenvalue weighted by Crippen LogP contribution is -2.36. The molecule has 2 aliphatic heterocycles. The monoisotopic (exact) mass is 282 g/mol. The molecule has 4 nitrogen and oxygen atoms in total. The lowest BCUT2D eigenvalue weighted by molar-refractivity contribution is 0.333. The maximum atomic E-state index is 5.50. The van der Waals surface area contributed by atoms with Crippen LogP contribution in [0.2, 0.25) is 0 Å². The van der Waals surface area contributed by atoms with E-state index in [4.69, 9.17) is 18.6 Å². The summed E-state index contributed by atoms with van der Waals surface area (Å²) < 4.78 is 21.9. The third-order valence-corrected chi connectivity index (χ3v) is 3.36. The molecule has 0 radical (unpaired) electrons. The molecule has 3 rings (SSSR count). The average Bonchev–Trinajstić information content (AvgIpc) is 2.98. The van der Waals surface area contributed by atoms with Gasteiger partial charge >= 0.3 is 14.2 Å². The molecule has 2 aliphatic rings. The summed E-state index contributed by atoms with van der Waals surface area (Å²) in [4.78, 5) is 0. The quantitative estimate of drug-likeness (QED) is 0.576. The van der Waals surface area contributed by atoms with Crippen LogP contribution < -0.4 is 10.9 Å². The molecular weight excluding hydrogens is 270 g/mol. The molecule has 0 saturated carbocycles. The zero-order valence-corrected chi connectivity index (χ0v) is 11.3. The van der Waals surface area contributed by atoms with E-state index in [2.05, 4.69) is 25.3 Å². The highest BCUT2D eigenvalue weighted by atomic mass is 32.1. The van der Waals surface area contributed by atoms with Crippen molar-refractivity contribution in [2.24, 2.45) is 0 Å². The van der Waals surface area contributed by atoms with Gasteiger partial charge in [-0.15, -0.1) is 25.3 Å². The Hall–Kier alpha value is -0.110. The van der Waals surface area contributed by atoms with Gasteiger partial charge in [-0.05, 0) is 10.9 Å². The minimum atomic E-state index is -0.329. The van der Waals surface area contributed by atoms with Crippen molar-refractivity contribution in [3.63, 3.8) is 0 Å². The Kier molecular flexibility index (Phi) is 3.93. The number of hydrogen-bond acceptors (Lipinski definition) is 6. The first-order valence-corrected chi connectivity index (χ1v) is 6.76. The summed E-state index contributed by atoms with van der Waals surface area (Å²) in [5.74, 6) is 0. The van der Waals surface area contributed by atoms with Gasteiger partial charge in [-0.2, -0.15) is 0 Å². The molecule has 0 aromatic heterocycles. The van der Waals surface area contributed by atoms with Gasteiger partial charge in [0.2, 0.25) is 0 Å². The molecular formula is C10H12B2O4S2. The fraction of sp³-hybridized carbons (Fsp3) is 0.400. The number of thiol groups is 2. The van der Waals surface area contributed by atoms with Gasteiger partial charge in [0, 0.05) is 0 Å². The molecule has 2 saturated heterocycles. The summed E-state index contributed by atoms with van der Waals surface area (Å²) in [7, 11) is -0.658. The number of hydrogen-bond donors (Lipinski definition) is 2. The first-order chi connectivity index (χ1) is 8.72. The molecule has 1 aromatic carbocycles. The molecule has 2 unspecified atom stereocenters. The van der Waals surface area contributed by atoms with Crippen LogP contribution >= 0.6 is 25.3 Å². The van der Waals surface area contributed by atoms with E-state index in [1.54, 1.807) is 0 Å². The summed E-state index contributed by atoms with van der Waals surface area (Å²) in [6, 6.07) is 7.80. The van der Waals surface area contributed by atoms with Crippen LogP contribution in [0.15, 0.2) is 24.3 Å². The van der Waals surface area contributed by atoms with Gasteiger partial charge in [0.05, 0.1) is 13.2 Å². The topological polar surface area (TPSA) is 36.9 Å². The van der Waals surface area contributed by atoms with E-state index in [1.807, 2.05) is 24.3 Å². The predicted octanol–water partition coefficient (Wildman–Crippen LogP) is -0.318. The van der Waals surface area contributed by atoms with Gasteiger partial charge in [-0.25, -0.2) is 0 Å². The summed E-state index contributed by atoms with van der Waals surface area (Å²) in [6.07, 6.45) is 0. The van der Waals surface area contributed by atoms with E-state index in [1.165, 1.54) is 0 Å². The van der Waals surface area contributed by atoms with Crippen LogP contribution in [0, 0.1) is 0 Å². The molecule has 0 bridgehead atoms. The van der Waals surface area contributed by atoms with Crippen LogP contribution in [0.3, 0.4) is 0 Å². The number of benzene rings is 1. The molecule has 2 fully saturated rings. The number of rotatable bonds is 2. The van der Waals surface area contributed by atoms with Gasteiger partial charge in [0.25, 0.3) is 0 Å². The molecule has 0 aliphatic carbocycles. The zero-order valence-electron chi connectivity index (χ0n) is 9.56. The van der Waals surface area contributed by atoms with Gasteiger partial charge < -0.3 is 18.6 Å². The van der Waals surface area contributed by atoms with E-state index < -0.39 is 0 Å². The van der Waals surface area contributed by atoms with Crippen LogP contribution in [-0.2, 0) is 18.6 Å². The van der Waals surface area contributed by atoms with Crippen molar-refractivity contribution in [1.82, 2.24) is 0 Å². The molecule has 18 heavy (non-hydrogen) atoms. The summed E-state index contributed by atoms with van der Waals surface area (Å²) >= 11 is 8.42. The Morgan fingerprint density at radius 3 is 1.50 bits per heavy atom. The van der Waals surface area contributed by atoms with E-state index in [-0.39, 0.29) is 25.1 Å². The van der Waals surface area contributed by atoms with Crippen molar-refractivity contribution in [3.05, 3.63) is 24.3 Å². The van der Waals surface area contributed by atoms with Gasteiger partial charge in [-0.1, -0.05) is 24.3 Å². The molecule has 2 atom stereocenters.